The van der Waals surface area contributed by atoms with Gasteiger partial charge in [0.05, 0.1) is 0 Å². The molecule has 0 saturated carbocycles. The van der Waals surface area contributed by atoms with Crippen LogP contribution in [0.1, 0.15) is 32.4 Å². The Hall–Kier alpha value is -2.63. The fourth-order valence-corrected chi connectivity index (χ4v) is 2.07. The van der Waals surface area contributed by atoms with Crippen molar-refractivity contribution in [2.75, 3.05) is 0 Å². The molecule has 1 unspecified atom stereocenters. The zero-order valence-corrected chi connectivity index (χ0v) is 12.7. The SMILES string of the molecule is CC(C)(C)OC(=O)NC(C(=O)O)c1cncc2ccccc12. The number of benzene rings is 1. The van der Waals surface area contributed by atoms with Crippen LogP contribution in [-0.2, 0) is 9.53 Å². The van der Waals surface area contributed by atoms with Crippen LogP contribution in [0.2, 0.25) is 0 Å². The van der Waals surface area contributed by atoms with E-state index in [1.165, 1.54) is 6.20 Å². The third-order valence-corrected chi connectivity index (χ3v) is 2.92. The van der Waals surface area contributed by atoms with Crippen LogP contribution in [0.3, 0.4) is 0 Å². The standard InChI is InChI=1S/C16H18N2O4/c1-16(2,3)22-15(21)18-13(14(19)20)12-9-17-8-10-6-4-5-7-11(10)12/h4-9,13H,1-3H3,(H,18,21)(H,19,20). The highest BCUT2D eigenvalue weighted by Crippen LogP contribution is 2.23. The van der Waals surface area contributed by atoms with Crippen LogP contribution in [0, 0.1) is 0 Å². The first-order valence-corrected chi connectivity index (χ1v) is 6.83. The second-order valence-electron chi connectivity index (χ2n) is 5.87. The van der Waals surface area contributed by atoms with Gasteiger partial charge in [0.2, 0.25) is 0 Å². The van der Waals surface area contributed by atoms with Gasteiger partial charge < -0.3 is 15.2 Å². The number of hydrogen-bond donors (Lipinski definition) is 2. The number of carbonyl (C=O) groups is 2. The Morgan fingerprint density at radius 3 is 2.55 bits per heavy atom. The maximum absolute atomic E-state index is 11.9. The normalized spacial score (nSPS) is 12.7. The Bertz CT molecular complexity index is 701. The van der Waals surface area contributed by atoms with E-state index in [0.717, 1.165) is 10.8 Å². The molecule has 0 aliphatic carbocycles. The third-order valence-electron chi connectivity index (χ3n) is 2.92. The minimum Gasteiger partial charge on any atom is -0.479 e. The summed E-state index contributed by atoms with van der Waals surface area (Å²) in [6.07, 6.45) is 2.30. The van der Waals surface area contributed by atoms with Crippen LogP contribution in [0.5, 0.6) is 0 Å². The number of pyridine rings is 1. The van der Waals surface area contributed by atoms with E-state index in [4.69, 9.17) is 4.74 Å². The zero-order valence-electron chi connectivity index (χ0n) is 12.7. The Labute approximate surface area is 128 Å². The molecule has 0 fully saturated rings. The highest BCUT2D eigenvalue weighted by Gasteiger charge is 2.27. The first-order valence-electron chi connectivity index (χ1n) is 6.83. The molecule has 22 heavy (non-hydrogen) atoms. The molecule has 1 heterocycles. The molecule has 1 aromatic carbocycles. The van der Waals surface area contributed by atoms with Gasteiger partial charge in [-0.2, -0.15) is 0 Å². The van der Waals surface area contributed by atoms with Crippen molar-refractivity contribution in [3.8, 4) is 0 Å². The largest absolute Gasteiger partial charge is 0.479 e. The van der Waals surface area contributed by atoms with E-state index >= 15 is 0 Å². The quantitative estimate of drug-likeness (QED) is 0.910. The van der Waals surface area contributed by atoms with Gasteiger partial charge in [-0.15, -0.1) is 0 Å². The van der Waals surface area contributed by atoms with Gasteiger partial charge in [0.15, 0.2) is 6.04 Å². The smallest absolute Gasteiger partial charge is 0.408 e. The number of ether oxygens (including phenoxy) is 1. The van der Waals surface area contributed by atoms with Crippen molar-refractivity contribution < 1.29 is 19.4 Å². The third kappa shape index (κ3) is 3.72. The monoisotopic (exact) mass is 302 g/mol. The molecular formula is C16H18N2O4. The van der Waals surface area contributed by atoms with Gasteiger partial charge in [-0.3, -0.25) is 4.98 Å². The molecule has 2 N–H and O–H groups in total. The fourth-order valence-electron chi connectivity index (χ4n) is 2.07. The van der Waals surface area contributed by atoms with E-state index in [1.54, 1.807) is 39.1 Å². The zero-order chi connectivity index (χ0) is 16.3. The van der Waals surface area contributed by atoms with Crippen molar-refractivity contribution in [1.29, 1.82) is 0 Å². The van der Waals surface area contributed by atoms with E-state index in [-0.39, 0.29) is 0 Å². The Balaban J connectivity index is 2.35. The second-order valence-corrected chi connectivity index (χ2v) is 5.87. The van der Waals surface area contributed by atoms with Crippen LogP contribution >= 0.6 is 0 Å². The number of carbonyl (C=O) groups excluding carboxylic acids is 1. The van der Waals surface area contributed by atoms with E-state index in [1.807, 2.05) is 12.1 Å². The Morgan fingerprint density at radius 1 is 1.23 bits per heavy atom. The number of alkyl carbamates (subject to hydrolysis) is 1. The maximum Gasteiger partial charge on any atom is 0.408 e. The molecular weight excluding hydrogens is 284 g/mol. The van der Waals surface area contributed by atoms with Crippen molar-refractivity contribution in [2.24, 2.45) is 0 Å². The number of nitrogens with one attached hydrogen (secondary N) is 1. The second kappa shape index (κ2) is 6.01. The van der Waals surface area contributed by atoms with Crippen LogP contribution < -0.4 is 5.32 Å². The summed E-state index contributed by atoms with van der Waals surface area (Å²) in [5.41, 5.74) is -0.291. The molecule has 1 atom stereocenters. The Morgan fingerprint density at radius 2 is 1.91 bits per heavy atom. The van der Waals surface area contributed by atoms with Crippen molar-refractivity contribution in [2.45, 2.75) is 32.4 Å². The molecule has 0 aliphatic heterocycles. The molecule has 116 valence electrons. The number of hydrogen-bond acceptors (Lipinski definition) is 4. The summed E-state index contributed by atoms with van der Waals surface area (Å²) in [5, 5.41) is 13.3. The van der Waals surface area contributed by atoms with Crippen molar-refractivity contribution in [3.05, 3.63) is 42.2 Å². The number of fused-ring (bicyclic) bond motifs is 1. The lowest BCUT2D eigenvalue weighted by Gasteiger charge is -2.22. The van der Waals surface area contributed by atoms with Gasteiger partial charge in [0, 0.05) is 23.3 Å². The van der Waals surface area contributed by atoms with Crippen LogP contribution in [0.15, 0.2) is 36.7 Å². The van der Waals surface area contributed by atoms with E-state index in [0.29, 0.717) is 5.56 Å². The molecule has 1 amide bonds. The van der Waals surface area contributed by atoms with E-state index in [2.05, 4.69) is 10.3 Å². The molecule has 6 nitrogen and oxygen atoms in total. The van der Waals surface area contributed by atoms with E-state index in [9.17, 15) is 14.7 Å². The first kappa shape index (κ1) is 15.8. The highest BCUT2D eigenvalue weighted by molar-refractivity contribution is 5.91. The maximum atomic E-state index is 11.9. The summed E-state index contributed by atoms with van der Waals surface area (Å²) in [4.78, 5) is 27.5. The summed E-state index contributed by atoms with van der Waals surface area (Å²) in [5.74, 6) is -1.18. The fraction of sp³-hybridized carbons (Fsp3) is 0.312. The number of aliphatic carboxylic acids is 1. The van der Waals surface area contributed by atoms with Crippen molar-refractivity contribution >= 4 is 22.8 Å². The lowest BCUT2D eigenvalue weighted by Crippen LogP contribution is -2.38. The molecule has 2 aromatic rings. The highest BCUT2D eigenvalue weighted by atomic mass is 16.6. The molecule has 0 spiro atoms. The topological polar surface area (TPSA) is 88.5 Å². The average molecular weight is 302 g/mol. The molecule has 0 aliphatic rings. The number of rotatable bonds is 3. The summed E-state index contributed by atoms with van der Waals surface area (Å²) >= 11 is 0. The number of carboxylic acid groups (broad SMARTS) is 1. The van der Waals surface area contributed by atoms with Crippen LogP contribution in [0.25, 0.3) is 10.8 Å². The lowest BCUT2D eigenvalue weighted by molar-refractivity contribution is -0.139. The first-order chi connectivity index (χ1) is 10.3. The number of amides is 1. The van der Waals surface area contributed by atoms with Gasteiger partial charge >= 0.3 is 12.1 Å². The predicted octanol–water partition coefficient (Wildman–Crippen LogP) is 2.89. The van der Waals surface area contributed by atoms with Crippen molar-refractivity contribution in [1.82, 2.24) is 10.3 Å². The van der Waals surface area contributed by atoms with Crippen LogP contribution in [-0.4, -0.2) is 27.8 Å². The minimum atomic E-state index is -1.23. The summed E-state index contributed by atoms with van der Waals surface area (Å²) in [6.45, 7) is 5.13. The molecule has 0 saturated heterocycles. The van der Waals surface area contributed by atoms with Crippen molar-refractivity contribution in [3.63, 3.8) is 0 Å². The summed E-state index contributed by atoms with van der Waals surface area (Å²) in [6, 6.07) is 6.04. The lowest BCUT2D eigenvalue weighted by atomic mass is 10.0. The Kier molecular flexibility index (Phi) is 4.30. The molecule has 0 radical (unpaired) electrons. The van der Waals surface area contributed by atoms with Gasteiger partial charge in [-0.1, -0.05) is 24.3 Å². The summed E-state index contributed by atoms with van der Waals surface area (Å²) < 4.78 is 5.12. The molecule has 0 bridgehead atoms. The van der Waals surface area contributed by atoms with E-state index < -0.39 is 23.7 Å². The average Bonchev–Trinajstić information content (AvgIpc) is 2.42. The van der Waals surface area contributed by atoms with Gasteiger partial charge in [-0.25, -0.2) is 9.59 Å². The molecule has 6 heteroatoms. The molecule has 1 aromatic heterocycles. The van der Waals surface area contributed by atoms with Crippen LogP contribution in [0.4, 0.5) is 4.79 Å². The van der Waals surface area contributed by atoms with Gasteiger partial charge in [0.25, 0.3) is 0 Å². The molecule has 2 rings (SSSR count). The minimum absolute atomic E-state index is 0.413. The number of carboxylic acids is 1. The number of nitrogens with zero attached hydrogens (tertiary/aromatic N) is 1. The van der Waals surface area contributed by atoms with Gasteiger partial charge in [0.1, 0.15) is 5.60 Å². The summed E-state index contributed by atoms with van der Waals surface area (Å²) in [7, 11) is 0. The van der Waals surface area contributed by atoms with Gasteiger partial charge in [-0.05, 0) is 26.2 Å². The number of aromatic nitrogens is 1. The predicted molar refractivity (Wildman–Crippen MR) is 81.5 cm³/mol.